The minimum absolute atomic E-state index is 1.02. The lowest BCUT2D eigenvalue weighted by Gasteiger charge is -1.96. The van der Waals surface area contributed by atoms with Gasteiger partial charge >= 0.3 is 0 Å². The van der Waals surface area contributed by atoms with Crippen molar-refractivity contribution in [1.29, 1.82) is 0 Å². The van der Waals surface area contributed by atoms with Gasteiger partial charge in [-0.05, 0) is 30.4 Å². The molecule has 0 aliphatic heterocycles. The third kappa shape index (κ3) is 2.50. The molecule has 0 spiro atoms. The zero-order valence-corrected chi connectivity index (χ0v) is 7.87. The zero-order chi connectivity index (χ0) is 8.10. The highest BCUT2D eigenvalue weighted by Gasteiger charge is 1.96. The van der Waals surface area contributed by atoms with E-state index in [1.54, 1.807) is 11.5 Å². The third-order valence-electron chi connectivity index (χ3n) is 1.46. The summed E-state index contributed by atoms with van der Waals surface area (Å²) in [5.41, 5.74) is 0. The normalized spacial score (nSPS) is 10.0. The van der Waals surface area contributed by atoms with Gasteiger partial charge in [-0.3, -0.25) is 0 Å². The highest BCUT2D eigenvalue weighted by Crippen LogP contribution is 2.14. The standard InChI is InChI=1S/C8H14N2S/c1-3-5-9-8-6-7(4-2)11-10-8/h6H,3-5H2,1-2H3,(H,9,10). The van der Waals surface area contributed by atoms with E-state index in [1.165, 1.54) is 4.88 Å². The second kappa shape index (κ2) is 4.34. The lowest BCUT2D eigenvalue weighted by Crippen LogP contribution is -1.98. The minimum atomic E-state index is 1.02. The van der Waals surface area contributed by atoms with Crippen molar-refractivity contribution >= 4 is 17.4 Å². The highest BCUT2D eigenvalue weighted by molar-refractivity contribution is 7.06. The number of nitrogens with one attached hydrogen (secondary N) is 1. The first kappa shape index (κ1) is 8.53. The van der Waals surface area contributed by atoms with Crippen LogP contribution in [0.4, 0.5) is 5.82 Å². The largest absolute Gasteiger partial charge is 0.369 e. The van der Waals surface area contributed by atoms with Gasteiger partial charge < -0.3 is 5.32 Å². The van der Waals surface area contributed by atoms with Crippen molar-refractivity contribution in [1.82, 2.24) is 4.37 Å². The quantitative estimate of drug-likeness (QED) is 0.751. The molecule has 0 bridgehead atoms. The Bertz CT molecular complexity index is 208. The van der Waals surface area contributed by atoms with Crippen LogP contribution in [0.25, 0.3) is 0 Å². The summed E-state index contributed by atoms with van der Waals surface area (Å²) in [5.74, 6) is 1.04. The Balaban J connectivity index is 2.44. The third-order valence-corrected chi connectivity index (χ3v) is 2.39. The number of aromatic nitrogens is 1. The zero-order valence-electron chi connectivity index (χ0n) is 7.05. The smallest absolute Gasteiger partial charge is 0.139 e. The SMILES string of the molecule is CCCNc1cc(CC)sn1. The van der Waals surface area contributed by atoms with E-state index in [-0.39, 0.29) is 0 Å². The lowest BCUT2D eigenvalue weighted by molar-refractivity contribution is 0.974. The van der Waals surface area contributed by atoms with Crippen LogP contribution in [0.5, 0.6) is 0 Å². The molecule has 0 aromatic carbocycles. The molecule has 0 saturated heterocycles. The van der Waals surface area contributed by atoms with Gasteiger partial charge in [0.15, 0.2) is 0 Å². The molecule has 2 nitrogen and oxygen atoms in total. The Kier molecular flexibility index (Phi) is 3.36. The van der Waals surface area contributed by atoms with Crippen LogP contribution in [0, 0.1) is 0 Å². The Morgan fingerprint density at radius 3 is 2.91 bits per heavy atom. The van der Waals surface area contributed by atoms with E-state index >= 15 is 0 Å². The fraction of sp³-hybridized carbons (Fsp3) is 0.625. The van der Waals surface area contributed by atoms with Gasteiger partial charge in [0.2, 0.25) is 0 Å². The summed E-state index contributed by atoms with van der Waals surface area (Å²) < 4.78 is 4.26. The predicted octanol–water partition coefficient (Wildman–Crippen LogP) is 2.53. The molecule has 0 atom stereocenters. The van der Waals surface area contributed by atoms with E-state index in [0.717, 1.165) is 25.2 Å². The molecule has 1 rings (SSSR count). The molecule has 3 heteroatoms. The summed E-state index contributed by atoms with van der Waals surface area (Å²) in [5, 5.41) is 3.25. The van der Waals surface area contributed by atoms with Crippen LogP contribution in [0.1, 0.15) is 25.1 Å². The summed E-state index contributed by atoms with van der Waals surface area (Å²) in [6.45, 7) is 5.32. The molecule has 0 saturated carbocycles. The molecule has 0 fully saturated rings. The molecule has 0 amide bonds. The first-order chi connectivity index (χ1) is 5.36. The van der Waals surface area contributed by atoms with Crippen LogP contribution < -0.4 is 5.32 Å². The van der Waals surface area contributed by atoms with Crippen molar-refractivity contribution in [3.05, 3.63) is 10.9 Å². The van der Waals surface area contributed by atoms with Crippen LogP contribution >= 0.6 is 11.5 Å². The molecule has 0 aliphatic rings. The van der Waals surface area contributed by atoms with Gasteiger partial charge in [-0.25, -0.2) is 0 Å². The van der Waals surface area contributed by atoms with Crippen LogP contribution in [-0.4, -0.2) is 10.9 Å². The predicted molar refractivity (Wildman–Crippen MR) is 50.3 cm³/mol. The van der Waals surface area contributed by atoms with Gasteiger partial charge in [0.1, 0.15) is 5.82 Å². The summed E-state index contributed by atoms with van der Waals surface area (Å²) in [6, 6.07) is 2.13. The molecular formula is C8H14N2S. The van der Waals surface area contributed by atoms with Gasteiger partial charge in [0.05, 0.1) is 0 Å². The van der Waals surface area contributed by atoms with Crippen LogP contribution in [0.15, 0.2) is 6.07 Å². The second-order valence-electron chi connectivity index (χ2n) is 2.46. The van der Waals surface area contributed by atoms with Crippen molar-refractivity contribution in [2.75, 3.05) is 11.9 Å². The fourth-order valence-electron chi connectivity index (χ4n) is 0.816. The number of hydrogen-bond donors (Lipinski definition) is 1. The maximum absolute atomic E-state index is 4.26. The van der Waals surface area contributed by atoms with E-state index < -0.39 is 0 Å². The van der Waals surface area contributed by atoms with E-state index in [0.29, 0.717) is 0 Å². The number of anilines is 1. The summed E-state index contributed by atoms with van der Waals surface area (Å²) in [4.78, 5) is 1.35. The molecule has 62 valence electrons. The van der Waals surface area contributed by atoms with E-state index in [2.05, 4.69) is 29.6 Å². The first-order valence-electron chi connectivity index (χ1n) is 4.06. The summed E-state index contributed by atoms with van der Waals surface area (Å²) in [6.07, 6.45) is 2.24. The Hall–Kier alpha value is -0.570. The van der Waals surface area contributed by atoms with Gasteiger partial charge in [-0.15, -0.1) is 0 Å². The highest BCUT2D eigenvalue weighted by atomic mass is 32.1. The van der Waals surface area contributed by atoms with Crippen molar-refractivity contribution in [2.45, 2.75) is 26.7 Å². The summed E-state index contributed by atoms with van der Waals surface area (Å²) >= 11 is 1.59. The Labute approximate surface area is 71.8 Å². The Morgan fingerprint density at radius 1 is 1.55 bits per heavy atom. The maximum Gasteiger partial charge on any atom is 0.139 e. The molecule has 0 unspecified atom stereocenters. The number of rotatable bonds is 4. The molecule has 1 aromatic rings. The molecular weight excluding hydrogens is 156 g/mol. The first-order valence-corrected chi connectivity index (χ1v) is 4.83. The van der Waals surface area contributed by atoms with Crippen LogP contribution in [0.3, 0.4) is 0 Å². The number of aryl methyl sites for hydroxylation is 1. The summed E-state index contributed by atoms with van der Waals surface area (Å²) in [7, 11) is 0. The van der Waals surface area contributed by atoms with Gasteiger partial charge in [-0.1, -0.05) is 13.8 Å². The minimum Gasteiger partial charge on any atom is -0.369 e. The number of hydrogen-bond acceptors (Lipinski definition) is 3. The Morgan fingerprint density at radius 2 is 2.36 bits per heavy atom. The van der Waals surface area contributed by atoms with Crippen LogP contribution in [0.2, 0.25) is 0 Å². The number of nitrogens with zero attached hydrogens (tertiary/aromatic N) is 1. The van der Waals surface area contributed by atoms with Gasteiger partial charge in [0, 0.05) is 11.4 Å². The average molecular weight is 170 g/mol. The average Bonchev–Trinajstić information content (AvgIpc) is 2.48. The van der Waals surface area contributed by atoms with Crippen molar-refractivity contribution in [3.63, 3.8) is 0 Å². The molecule has 0 radical (unpaired) electrons. The second-order valence-corrected chi connectivity index (χ2v) is 3.35. The molecule has 1 heterocycles. The van der Waals surface area contributed by atoms with Gasteiger partial charge in [-0.2, -0.15) is 4.37 Å². The lowest BCUT2D eigenvalue weighted by atomic mass is 10.4. The van der Waals surface area contributed by atoms with E-state index in [1.807, 2.05) is 0 Å². The molecule has 1 N–H and O–H groups in total. The fourth-order valence-corrected chi connectivity index (χ4v) is 1.44. The molecule has 0 aliphatic carbocycles. The van der Waals surface area contributed by atoms with Crippen molar-refractivity contribution < 1.29 is 0 Å². The van der Waals surface area contributed by atoms with Crippen molar-refractivity contribution in [2.24, 2.45) is 0 Å². The van der Waals surface area contributed by atoms with Gasteiger partial charge in [0.25, 0.3) is 0 Å². The monoisotopic (exact) mass is 170 g/mol. The van der Waals surface area contributed by atoms with E-state index in [4.69, 9.17) is 0 Å². The van der Waals surface area contributed by atoms with Crippen LogP contribution in [-0.2, 0) is 6.42 Å². The van der Waals surface area contributed by atoms with Crippen molar-refractivity contribution in [3.8, 4) is 0 Å². The maximum atomic E-state index is 4.26. The molecule has 1 aromatic heterocycles. The molecule has 11 heavy (non-hydrogen) atoms. The van der Waals surface area contributed by atoms with E-state index in [9.17, 15) is 0 Å². The topological polar surface area (TPSA) is 24.9 Å².